The summed E-state index contributed by atoms with van der Waals surface area (Å²) in [6.45, 7) is 5.00. The van der Waals surface area contributed by atoms with Gasteiger partial charge < -0.3 is 24.7 Å². The molecule has 0 saturated heterocycles. The Bertz CT molecular complexity index is 1080. The molecule has 0 aliphatic carbocycles. The van der Waals surface area contributed by atoms with E-state index in [-0.39, 0.29) is 12.1 Å². The monoisotopic (exact) mass is 403 g/mol. The maximum Gasteiger partial charge on any atom is 0.143 e. The van der Waals surface area contributed by atoms with E-state index in [4.69, 9.17) is 4.74 Å². The lowest BCUT2D eigenvalue weighted by atomic mass is 9.94. The lowest BCUT2D eigenvalue weighted by Gasteiger charge is -2.28. The van der Waals surface area contributed by atoms with Crippen LogP contribution in [0.25, 0.3) is 16.6 Å². The van der Waals surface area contributed by atoms with Gasteiger partial charge in [0.1, 0.15) is 18.5 Å². The predicted octanol–water partition coefficient (Wildman–Crippen LogP) is 4.31. The maximum atomic E-state index is 10.5. The van der Waals surface area contributed by atoms with Crippen LogP contribution in [0.4, 0.5) is 0 Å². The molecule has 0 bridgehead atoms. The number of nitrogens with one attached hydrogen (secondary N) is 2. The van der Waals surface area contributed by atoms with Crippen molar-refractivity contribution in [2.45, 2.75) is 31.9 Å². The summed E-state index contributed by atoms with van der Waals surface area (Å²) in [6, 6.07) is 20.1. The van der Waals surface area contributed by atoms with Crippen molar-refractivity contribution < 1.29 is 9.84 Å². The first-order valence-electron chi connectivity index (χ1n) is 10.4. The first-order valence-corrected chi connectivity index (χ1v) is 10.4. The van der Waals surface area contributed by atoms with Crippen molar-refractivity contribution in [1.82, 2.24) is 14.9 Å². The van der Waals surface area contributed by atoms with Crippen molar-refractivity contribution in [3.8, 4) is 11.4 Å². The Morgan fingerprint density at radius 1 is 1.03 bits per heavy atom. The Balaban J connectivity index is 1.32. The third-order valence-corrected chi connectivity index (χ3v) is 5.30. The second-order valence-corrected chi connectivity index (χ2v) is 8.32. The maximum absolute atomic E-state index is 10.5. The van der Waals surface area contributed by atoms with Gasteiger partial charge in [-0.25, -0.2) is 0 Å². The largest absolute Gasteiger partial charge is 0.489 e. The number of aromatic amines is 1. The smallest absolute Gasteiger partial charge is 0.143 e. The second-order valence-electron chi connectivity index (χ2n) is 8.32. The van der Waals surface area contributed by atoms with Crippen molar-refractivity contribution in [3.05, 3.63) is 84.8 Å². The zero-order valence-electron chi connectivity index (χ0n) is 17.5. The SMILES string of the molecule is CC(C)(Cc1c[nH]c2ccccc12)NC[C@H](O)COc1ccccc1-n1cccc1. The molecule has 5 heteroatoms. The molecule has 2 aromatic carbocycles. The summed E-state index contributed by atoms with van der Waals surface area (Å²) >= 11 is 0. The van der Waals surface area contributed by atoms with Crippen LogP contribution in [0, 0.1) is 0 Å². The zero-order chi connectivity index (χ0) is 21.0. The molecule has 0 radical (unpaired) electrons. The van der Waals surface area contributed by atoms with Crippen LogP contribution in [-0.2, 0) is 6.42 Å². The highest BCUT2D eigenvalue weighted by Crippen LogP contribution is 2.24. The van der Waals surface area contributed by atoms with Crippen LogP contribution in [0.5, 0.6) is 5.75 Å². The van der Waals surface area contributed by atoms with Crippen LogP contribution in [0.1, 0.15) is 19.4 Å². The van der Waals surface area contributed by atoms with E-state index in [0.29, 0.717) is 6.54 Å². The summed E-state index contributed by atoms with van der Waals surface area (Å²) in [5.74, 6) is 0.755. The lowest BCUT2D eigenvalue weighted by Crippen LogP contribution is -2.46. The number of rotatable bonds is 9. The Kier molecular flexibility index (Phi) is 5.93. The molecule has 0 saturated carbocycles. The molecular weight excluding hydrogens is 374 g/mol. The van der Waals surface area contributed by atoms with Crippen molar-refractivity contribution in [1.29, 1.82) is 0 Å². The molecule has 0 aliphatic rings. The number of benzene rings is 2. The normalized spacial score (nSPS) is 12.9. The topological polar surface area (TPSA) is 62.2 Å². The Morgan fingerprint density at radius 3 is 2.60 bits per heavy atom. The molecule has 5 nitrogen and oxygen atoms in total. The number of ether oxygens (including phenoxy) is 1. The number of hydrogen-bond donors (Lipinski definition) is 3. The molecule has 30 heavy (non-hydrogen) atoms. The van der Waals surface area contributed by atoms with Crippen LogP contribution < -0.4 is 10.1 Å². The fourth-order valence-corrected chi connectivity index (χ4v) is 3.74. The van der Waals surface area contributed by atoms with E-state index in [1.54, 1.807) is 0 Å². The zero-order valence-corrected chi connectivity index (χ0v) is 17.5. The van der Waals surface area contributed by atoms with E-state index in [0.717, 1.165) is 23.4 Å². The average Bonchev–Trinajstić information content (AvgIpc) is 3.42. The highest BCUT2D eigenvalue weighted by molar-refractivity contribution is 5.83. The first-order chi connectivity index (χ1) is 14.5. The summed E-state index contributed by atoms with van der Waals surface area (Å²) in [6.07, 6.45) is 6.29. The van der Waals surface area contributed by atoms with Crippen molar-refractivity contribution in [2.75, 3.05) is 13.2 Å². The molecule has 1 atom stereocenters. The van der Waals surface area contributed by atoms with Gasteiger partial charge in [0.15, 0.2) is 0 Å². The Labute approximate surface area is 177 Å². The van der Waals surface area contributed by atoms with E-state index in [1.807, 2.05) is 59.4 Å². The number of aromatic nitrogens is 2. The summed E-state index contributed by atoms with van der Waals surface area (Å²) in [7, 11) is 0. The highest BCUT2D eigenvalue weighted by Gasteiger charge is 2.21. The highest BCUT2D eigenvalue weighted by atomic mass is 16.5. The van der Waals surface area contributed by atoms with Gasteiger partial charge >= 0.3 is 0 Å². The van der Waals surface area contributed by atoms with Gasteiger partial charge in [0.25, 0.3) is 0 Å². The predicted molar refractivity (Wildman–Crippen MR) is 121 cm³/mol. The minimum atomic E-state index is -0.607. The van der Waals surface area contributed by atoms with E-state index in [1.165, 1.54) is 10.9 Å². The number of aliphatic hydroxyl groups excluding tert-OH is 1. The number of aliphatic hydroxyl groups is 1. The van der Waals surface area contributed by atoms with Crippen LogP contribution in [0.15, 0.2) is 79.3 Å². The van der Waals surface area contributed by atoms with Crippen molar-refractivity contribution in [3.63, 3.8) is 0 Å². The van der Waals surface area contributed by atoms with Gasteiger partial charge in [0, 0.05) is 41.6 Å². The standard InChI is InChI=1S/C25H29N3O2/c1-25(2,15-19-16-26-22-10-4-3-9-21(19)22)27-17-20(29)18-30-24-12-6-5-11-23(24)28-13-7-8-14-28/h3-14,16,20,26-27,29H,15,17-18H2,1-2H3/t20-/m0/s1. The van der Waals surface area contributed by atoms with Crippen LogP contribution >= 0.6 is 0 Å². The van der Waals surface area contributed by atoms with Gasteiger partial charge in [-0.15, -0.1) is 0 Å². The molecule has 0 spiro atoms. The van der Waals surface area contributed by atoms with Crippen LogP contribution in [-0.4, -0.2) is 39.5 Å². The molecule has 156 valence electrons. The van der Waals surface area contributed by atoms with Crippen molar-refractivity contribution in [2.24, 2.45) is 0 Å². The number of fused-ring (bicyclic) bond motifs is 1. The minimum Gasteiger partial charge on any atom is -0.489 e. The third-order valence-electron chi connectivity index (χ3n) is 5.30. The third kappa shape index (κ3) is 4.75. The number of H-pyrrole nitrogens is 1. The molecule has 0 amide bonds. The molecule has 0 aliphatic heterocycles. The number of nitrogens with zero attached hydrogens (tertiary/aromatic N) is 1. The van der Waals surface area contributed by atoms with Gasteiger partial charge in [0.05, 0.1) is 5.69 Å². The fourth-order valence-electron chi connectivity index (χ4n) is 3.74. The van der Waals surface area contributed by atoms with E-state index in [2.05, 4.69) is 48.5 Å². The number of para-hydroxylation sites is 3. The van der Waals surface area contributed by atoms with Gasteiger partial charge in [-0.2, -0.15) is 0 Å². The lowest BCUT2D eigenvalue weighted by molar-refractivity contribution is 0.0988. The van der Waals surface area contributed by atoms with E-state index >= 15 is 0 Å². The molecule has 3 N–H and O–H groups in total. The quantitative estimate of drug-likeness (QED) is 0.390. The molecule has 0 unspecified atom stereocenters. The molecule has 2 aromatic heterocycles. The summed E-state index contributed by atoms with van der Waals surface area (Å²) in [5, 5.41) is 15.2. The summed E-state index contributed by atoms with van der Waals surface area (Å²) < 4.78 is 7.94. The van der Waals surface area contributed by atoms with Gasteiger partial charge in [-0.1, -0.05) is 30.3 Å². The summed E-state index contributed by atoms with van der Waals surface area (Å²) in [5.41, 5.74) is 3.23. The second kappa shape index (κ2) is 8.78. The molecule has 4 rings (SSSR count). The van der Waals surface area contributed by atoms with Crippen LogP contribution in [0.2, 0.25) is 0 Å². The molecule has 4 aromatic rings. The molecule has 0 fully saturated rings. The fraction of sp³-hybridized carbons (Fsp3) is 0.280. The van der Waals surface area contributed by atoms with E-state index in [9.17, 15) is 5.11 Å². The molecular formula is C25H29N3O2. The summed E-state index contributed by atoms with van der Waals surface area (Å²) in [4.78, 5) is 3.33. The minimum absolute atomic E-state index is 0.158. The number of β-amino-alcohol motifs (C(OH)–C–C–N with tert-alkyl or cyclic N) is 1. The average molecular weight is 404 g/mol. The Hall–Kier alpha value is -3.02. The first kappa shape index (κ1) is 20.3. The van der Waals surface area contributed by atoms with Crippen molar-refractivity contribution >= 4 is 10.9 Å². The van der Waals surface area contributed by atoms with E-state index < -0.39 is 6.10 Å². The van der Waals surface area contributed by atoms with Gasteiger partial charge in [-0.3, -0.25) is 0 Å². The van der Waals surface area contributed by atoms with Crippen LogP contribution in [0.3, 0.4) is 0 Å². The number of hydrogen-bond acceptors (Lipinski definition) is 3. The Morgan fingerprint density at radius 2 is 1.77 bits per heavy atom. The van der Waals surface area contributed by atoms with Gasteiger partial charge in [-0.05, 0) is 56.2 Å². The van der Waals surface area contributed by atoms with Gasteiger partial charge in [0.2, 0.25) is 0 Å². The molecule has 2 heterocycles.